The summed E-state index contributed by atoms with van der Waals surface area (Å²) in [5.74, 6) is 0.0215. The van der Waals surface area contributed by atoms with Crippen LogP contribution in [0.1, 0.15) is 36.3 Å². The van der Waals surface area contributed by atoms with E-state index in [9.17, 15) is 13.2 Å². The van der Waals surface area contributed by atoms with Crippen LogP contribution in [0.2, 0.25) is 0 Å². The highest BCUT2D eigenvalue weighted by molar-refractivity contribution is 7.07. The summed E-state index contributed by atoms with van der Waals surface area (Å²) in [5.41, 5.74) is 3.30. The summed E-state index contributed by atoms with van der Waals surface area (Å²) in [4.78, 5) is 17.4. The smallest absolute Gasteiger partial charge is 0.266 e. The molecule has 3 heterocycles. The van der Waals surface area contributed by atoms with E-state index in [4.69, 9.17) is 0 Å². The van der Waals surface area contributed by atoms with Crippen LogP contribution in [-0.2, 0) is 0 Å². The quantitative estimate of drug-likeness (QED) is 0.453. The number of alkyl halides is 2. The van der Waals surface area contributed by atoms with Crippen molar-refractivity contribution in [2.24, 2.45) is 0 Å². The van der Waals surface area contributed by atoms with Crippen LogP contribution < -0.4 is 5.32 Å². The van der Waals surface area contributed by atoms with Gasteiger partial charge in [0.1, 0.15) is 17.5 Å². The second-order valence-electron chi connectivity index (χ2n) is 6.51. The molecule has 0 unspecified atom stereocenters. The Hall–Kier alpha value is -3.07. The van der Waals surface area contributed by atoms with E-state index in [-0.39, 0.29) is 5.56 Å². The van der Waals surface area contributed by atoms with Gasteiger partial charge in [-0.1, -0.05) is 18.2 Å². The predicted molar refractivity (Wildman–Crippen MR) is 107 cm³/mol. The highest BCUT2D eigenvalue weighted by Crippen LogP contribution is 2.31. The Kier molecular flexibility index (Phi) is 5.14. The molecular formula is C20H16F3N5S. The second kappa shape index (κ2) is 7.75. The van der Waals surface area contributed by atoms with Gasteiger partial charge in [-0.2, -0.15) is 0 Å². The Labute approximate surface area is 168 Å². The first-order valence-electron chi connectivity index (χ1n) is 8.80. The minimum Gasteiger partial charge on any atom is -0.363 e. The van der Waals surface area contributed by atoms with Gasteiger partial charge in [0.25, 0.3) is 6.43 Å². The maximum Gasteiger partial charge on any atom is 0.266 e. The normalized spacial score (nSPS) is 12.5. The molecule has 1 N–H and O–H groups in total. The van der Waals surface area contributed by atoms with E-state index in [1.807, 2.05) is 11.4 Å². The molecule has 5 nitrogen and oxygen atoms in total. The molecule has 1 atom stereocenters. The van der Waals surface area contributed by atoms with E-state index in [0.717, 1.165) is 17.3 Å². The first kappa shape index (κ1) is 19.3. The largest absolute Gasteiger partial charge is 0.363 e. The Morgan fingerprint density at radius 3 is 2.62 bits per heavy atom. The van der Waals surface area contributed by atoms with Crippen LogP contribution in [0.15, 0.2) is 41.4 Å². The third-order valence-electron chi connectivity index (χ3n) is 4.50. The molecular weight excluding hydrogens is 399 g/mol. The lowest BCUT2D eigenvalue weighted by molar-refractivity contribution is 0.146. The number of aromatic nitrogens is 4. The number of anilines is 1. The number of pyridine rings is 1. The van der Waals surface area contributed by atoms with Crippen molar-refractivity contribution < 1.29 is 13.2 Å². The fourth-order valence-electron chi connectivity index (χ4n) is 3.08. The average molecular weight is 415 g/mol. The minimum atomic E-state index is -2.88. The fourth-order valence-corrected chi connectivity index (χ4v) is 3.64. The third kappa shape index (κ3) is 3.77. The highest BCUT2D eigenvalue weighted by atomic mass is 32.1. The van der Waals surface area contributed by atoms with Crippen molar-refractivity contribution >= 4 is 28.2 Å². The average Bonchev–Trinajstić information content (AvgIpc) is 3.22. The van der Waals surface area contributed by atoms with Crippen LogP contribution in [0, 0.1) is 12.7 Å². The molecule has 0 saturated heterocycles. The molecule has 0 bridgehead atoms. The molecule has 0 spiro atoms. The van der Waals surface area contributed by atoms with E-state index in [2.05, 4.69) is 25.3 Å². The Bertz CT molecular complexity index is 1160. The van der Waals surface area contributed by atoms with E-state index >= 15 is 0 Å². The third-order valence-corrected chi connectivity index (χ3v) is 5.09. The summed E-state index contributed by atoms with van der Waals surface area (Å²) in [6.07, 6.45) is -1.20. The van der Waals surface area contributed by atoms with Crippen molar-refractivity contribution in [3.05, 3.63) is 64.1 Å². The molecule has 0 aliphatic heterocycles. The number of thiazole rings is 1. The molecule has 0 aliphatic rings. The van der Waals surface area contributed by atoms with Gasteiger partial charge in [0.2, 0.25) is 0 Å². The number of benzene rings is 1. The lowest BCUT2D eigenvalue weighted by atomic mass is 10.0. The summed E-state index contributed by atoms with van der Waals surface area (Å²) in [5, 5.41) is 5.67. The van der Waals surface area contributed by atoms with Gasteiger partial charge in [0.05, 0.1) is 28.2 Å². The number of hydrogen-bond acceptors (Lipinski definition) is 6. The van der Waals surface area contributed by atoms with Crippen LogP contribution >= 0.6 is 11.3 Å². The second-order valence-corrected chi connectivity index (χ2v) is 7.22. The predicted octanol–water partition coefficient (Wildman–Crippen LogP) is 5.71. The number of aryl methyl sites for hydroxylation is 1. The molecule has 0 radical (unpaired) electrons. The van der Waals surface area contributed by atoms with Crippen molar-refractivity contribution in [2.45, 2.75) is 26.3 Å². The topological polar surface area (TPSA) is 63.6 Å². The Morgan fingerprint density at radius 1 is 1.10 bits per heavy atom. The van der Waals surface area contributed by atoms with Gasteiger partial charge in [0.15, 0.2) is 5.65 Å². The van der Waals surface area contributed by atoms with Gasteiger partial charge < -0.3 is 5.32 Å². The van der Waals surface area contributed by atoms with Crippen LogP contribution in [0.25, 0.3) is 22.3 Å². The zero-order valence-electron chi connectivity index (χ0n) is 15.5. The molecule has 4 aromatic rings. The van der Waals surface area contributed by atoms with Crippen molar-refractivity contribution in [2.75, 3.05) is 5.32 Å². The number of rotatable bonds is 5. The van der Waals surface area contributed by atoms with Crippen molar-refractivity contribution in [3.63, 3.8) is 0 Å². The highest BCUT2D eigenvalue weighted by Gasteiger charge is 2.20. The van der Waals surface area contributed by atoms with E-state index in [1.165, 1.54) is 23.5 Å². The summed E-state index contributed by atoms with van der Waals surface area (Å²) in [6.45, 7) is 3.41. The molecule has 0 aliphatic carbocycles. The van der Waals surface area contributed by atoms with Crippen LogP contribution in [-0.4, -0.2) is 19.9 Å². The Morgan fingerprint density at radius 2 is 1.90 bits per heavy atom. The molecule has 0 amide bonds. The molecule has 148 valence electrons. The molecule has 1 aromatic carbocycles. The van der Waals surface area contributed by atoms with Gasteiger partial charge in [-0.25, -0.2) is 33.1 Å². The van der Waals surface area contributed by atoms with Crippen LogP contribution in [0.5, 0.6) is 0 Å². The molecule has 0 fully saturated rings. The van der Waals surface area contributed by atoms with Gasteiger partial charge in [-0.3, -0.25) is 0 Å². The Balaban J connectivity index is 1.75. The lowest BCUT2D eigenvalue weighted by Crippen LogP contribution is -2.12. The maximum atomic E-state index is 14.5. The number of fused-ring (bicyclic) bond motifs is 1. The van der Waals surface area contributed by atoms with Crippen LogP contribution in [0.3, 0.4) is 0 Å². The number of nitrogens with one attached hydrogen (secondary N) is 1. The minimum absolute atomic E-state index is 0.135. The summed E-state index contributed by atoms with van der Waals surface area (Å²) in [7, 11) is 0. The van der Waals surface area contributed by atoms with Gasteiger partial charge >= 0.3 is 0 Å². The summed E-state index contributed by atoms with van der Waals surface area (Å²) in [6, 6.07) is 5.24. The maximum absolute atomic E-state index is 14.5. The molecule has 3 aromatic heterocycles. The zero-order valence-corrected chi connectivity index (χ0v) is 16.3. The fraction of sp³-hybridized carbons (Fsp3) is 0.200. The SMILES string of the molecule is Cc1nc(N[C@H](C)c2cccc(C(F)F)c2F)c2cc(-c3cscn3)cnc2n1. The van der Waals surface area contributed by atoms with Crippen molar-refractivity contribution in [1.29, 1.82) is 0 Å². The summed E-state index contributed by atoms with van der Waals surface area (Å²) < 4.78 is 40.6. The van der Waals surface area contributed by atoms with Gasteiger partial charge in [-0.05, 0) is 19.9 Å². The van der Waals surface area contributed by atoms with Gasteiger partial charge in [0, 0.05) is 22.7 Å². The summed E-state index contributed by atoms with van der Waals surface area (Å²) >= 11 is 1.47. The number of nitrogens with zero attached hydrogens (tertiary/aromatic N) is 4. The number of halogens is 3. The standard InChI is InChI=1S/C20H16F3N5S/c1-10(13-4-3-5-14(17(13)21)18(22)23)26-20-15-6-12(16-8-29-9-25-16)7-24-19(15)27-11(2)28-20/h3-10,18H,1-2H3,(H,24,26,27,28)/t10-/m1/s1. The monoisotopic (exact) mass is 415 g/mol. The molecule has 29 heavy (non-hydrogen) atoms. The van der Waals surface area contributed by atoms with E-state index < -0.39 is 23.8 Å². The van der Waals surface area contributed by atoms with Gasteiger partial charge in [-0.15, -0.1) is 11.3 Å². The first-order chi connectivity index (χ1) is 13.9. The van der Waals surface area contributed by atoms with Crippen molar-refractivity contribution in [1.82, 2.24) is 19.9 Å². The van der Waals surface area contributed by atoms with E-state index in [0.29, 0.717) is 22.7 Å². The lowest BCUT2D eigenvalue weighted by Gasteiger charge is -2.18. The molecule has 9 heteroatoms. The molecule has 0 saturated carbocycles. The van der Waals surface area contributed by atoms with Crippen molar-refractivity contribution in [3.8, 4) is 11.3 Å². The van der Waals surface area contributed by atoms with Crippen LogP contribution in [0.4, 0.5) is 19.0 Å². The van der Waals surface area contributed by atoms with E-state index in [1.54, 1.807) is 25.6 Å². The molecule has 4 rings (SSSR count). The first-order valence-corrected chi connectivity index (χ1v) is 9.74. The zero-order chi connectivity index (χ0) is 20.5. The number of hydrogen-bond donors (Lipinski definition) is 1.